The summed E-state index contributed by atoms with van der Waals surface area (Å²) >= 11 is 0. The Kier molecular flexibility index (Phi) is 3.39. The number of rotatable bonds is 4. The summed E-state index contributed by atoms with van der Waals surface area (Å²) in [6.45, 7) is 4.98. The summed E-state index contributed by atoms with van der Waals surface area (Å²) in [5, 5.41) is 3.45. The Morgan fingerprint density at radius 3 is 2.88 bits per heavy atom. The van der Waals surface area contributed by atoms with Gasteiger partial charge in [-0.2, -0.15) is 0 Å². The Morgan fingerprint density at radius 1 is 1.38 bits per heavy atom. The van der Waals surface area contributed by atoms with E-state index in [1.54, 1.807) is 6.33 Å². The van der Waals surface area contributed by atoms with E-state index in [0.717, 1.165) is 18.7 Å². The molecule has 0 amide bonds. The molecule has 0 saturated heterocycles. The highest BCUT2D eigenvalue weighted by Gasteiger charge is 2.19. The summed E-state index contributed by atoms with van der Waals surface area (Å²) in [5.74, 6) is 1.50. The van der Waals surface area contributed by atoms with Gasteiger partial charge in [-0.1, -0.05) is 13.8 Å². The molecule has 0 spiro atoms. The highest BCUT2D eigenvalue weighted by atomic mass is 15.1. The number of hydrogen-bond acceptors (Lipinski definition) is 4. The zero-order valence-electron chi connectivity index (χ0n) is 10.0. The van der Waals surface area contributed by atoms with Crippen molar-refractivity contribution in [1.29, 1.82) is 0 Å². The standard InChI is InChI=1S/C12H20N4/c1-8(2)11(6-13)16-12-9-4-3-5-10(9)14-7-15-12/h7-8,11H,3-6,13H2,1-2H3,(H,14,15,16). The lowest BCUT2D eigenvalue weighted by Gasteiger charge is -2.22. The van der Waals surface area contributed by atoms with Gasteiger partial charge in [0.15, 0.2) is 0 Å². The van der Waals surface area contributed by atoms with E-state index in [2.05, 4.69) is 29.1 Å². The minimum atomic E-state index is 0.291. The second kappa shape index (κ2) is 4.78. The Labute approximate surface area is 96.7 Å². The maximum Gasteiger partial charge on any atom is 0.133 e. The van der Waals surface area contributed by atoms with Crippen LogP contribution in [0.2, 0.25) is 0 Å². The van der Waals surface area contributed by atoms with E-state index in [0.29, 0.717) is 18.5 Å². The first-order valence-corrected chi connectivity index (χ1v) is 6.01. The van der Waals surface area contributed by atoms with Gasteiger partial charge in [0.05, 0.1) is 0 Å². The molecule has 0 fully saturated rings. The van der Waals surface area contributed by atoms with Gasteiger partial charge in [0.2, 0.25) is 0 Å². The Morgan fingerprint density at radius 2 is 2.19 bits per heavy atom. The third-order valence-corrected chi connectivity index (χ3v) is 3.26. The van der Waals surface area contributed by atoms with Gasteiger partial charge < -0.3 is 11.1 Å². The smallest absolute Gasteiger partial charge is 0.133 e. The summed E-state index contributed by atoms with van der Waals surface area (Å²) in [5.41, 5.74) is 8.26. The maximum absolute atomic E-state index is 5.76. The summed E-state index contributed by atoms with van der Waals surface area (Å²) in [7, 11) is 0. The molecular formula is C12H20N4. The summed E-state index contributed by atoms with van der Waals surface area (Å²) in [6, 6.07) is 0.291. The van der Waals surface area contributed by atoms with Crippen LogP contribution in [0, 0.1) is 5.92 Å². The third kappa shape index (κ3) is 2.16. The lowest BCUT2D eigenvalue weighted by Crippen LogP contribution is -2.34. The molecule has 1 aliphatic rings. The van der Waals surface area contributed by atoms with Crippen LogP contribution in [0.1, 0.15) is 31.5 Å². The summed E-state index contributed by atoms with van der Waals surface area (Å²) in [6.07, 6.45) is 5.02. The second-order valence-electron chi connectivity index (χ2n) is 4.73. The van der Waals surface area contributed by atoms with E-state index in [1.165, 1.54) is 17.7 Å². The minimum absolute atomic E-state index is 0.291. The number of nitrogens with one attached hydrogen (secondary N) is 1. The minimum Gasteiger partial charge on any atom is -0.365 e. The predicted molar refractivity (Wildman–Crippen MR) is 65.4 cm³/mol. The van der Waals surface area contributed by atoms with Crippen LogP contribution in [-0.2, 0) is 12.8 Å². The molecule has 4 nitrogen and oxygen atoms in total. The van der Waals surface area contributed by atoms with Gasteiger partial charge in [-0.3, -0.25) is 0 Å². The Bertz CT molecular complexity index is 362. The molecule has 0 aromatic carbocycles. The fourth-order valence-corrected chi connectivity index (χ4v) is 2.16. The first kappa shape index (κ1) is 11.3. The molecule has 1 atom stereocenters. The molecule has 1 aromatic heterocycles. The molecule has 1 heterocycles. The molecule has 0 saturated carbocycles. The van der Waals surface area contributed by atoms with Crippen molar-refractivity contribution < 1.29 is 0 Å². The van der Waals surface area contributed by atoms with E-state index < -0.39 is 0 Å². The number of aryl methyl sites for hydroxylation is 1. The lowest BCUT2D eigenvalue weighted by atomic mass is 10.0. The third-order valence-electron chi connectivity index (χ3n) is 3.26. The predicted octanol–water partition coefficient (Wildman–Crippen LogP) is 1.36. The average molecular weight is 220 g/mol. The van der Waals surface area contributed by atoms with Crippen molar-refractivity contribution in [3.63, 3.8) is 0 Å². The second-order valence-corrected chi connectivity index (χ2v) is 4.73. The van der Waals surface area contributed by atoms with Gasteiger partial charge in [0.25, 0.3) is 0 Å². The average Bonchev–Trinajstić information content (AvgIpc) is 2.73. The van der Waals surface area contributed by atoms with Crippen LogP contribution in [-0.4, -0.2) is 22.6 Å². The first-order chi connectivity index (χ1) is 7.72. The molecule has 88 valence electrons. The van der Waals surface area contributed by atoms with Crippen LogP contribution in [0.4, 0.5) is 5.82 Å². The van der Waals surface area contributed by atoms with Gasteiger partial charge in [-0.05, 0) is 25.2 Å². The highest BCUT2D eigenvalue weighted by Crippen LogP contribution is 2.25. The van der Waals surface area contributed by atoms with Crippen LogP contribution in [0.15, 0.2) is 6.33 Å². The molecule has 4 heteroatoms. The molecule has 0 aliphatic heterocycles. The van der Waals surface area contributed by atoms with Crippen LogP contribution in [0.5, 0.6) is 0 Å². The number of fused-ring (bicyclic) bond motifs is 1. The van der Waals surface area contributed by atoms with E-state index in [9.17, 15) is 0 Å². The van der Waals surface area contributed by atoms with Gasteiger partial charge in [0, 0.05) is 23.8 Å². The molecule has 1 aromatic rings. The van der Waals surface area contributed by atoms with Crippen LogP contribution in [0.25, 0.3) is 0 Å². The van der Waals surface area contributed by atoms with Gasteiger partial charge in [0.1, 0.15) is 12.1 Å². The van der Waals surface area contributed by atoms with Crippen LogP contribution < -0.4 is 11.1 Å². The van der Waals surface area contributed by atoms with E-state index in [4.69, 9.17) is 5.73 Å². The van der Waals surface area contributed by atoms with Crippen LogP contribution in [0.3, 0.4) is 0 Å². The molecule has 2 rings (SSSR count). The topological polar surface area (TPSA) is 63.8 Å². The molecule has 0 bridgehead atoms. The molecule has 1 unspecified atom stereocenters. The van der Waals surface area contributed by atoms with Crippen molar-refractivity contribution in [3.05, 3.63) is 17.6 Å². The van der Waals surface area contributed by atoms with Crippen molar-refractivity contribution in [1.82, 2.24) is 9.97 Å². The number of anilines is 1. The Balaban J connectivity index is 2.18. The first-order valence-electron chi connectivity index (χ1n) is 6.01. The highest BCUT2D eigenvalue weighted by molar-refractivity contribution is 5.48. The van der Waals surface area contributed by atoms with Gasteiger partial charge in [-0.25, -0.2) is 9.97 Å². The molecule has 0 radical (unpaired) electrons. The van der Waals surface area contributed by atoms with E-state index >= 15 is 0 Å². The fraction of sp³-hybridized carbons (Fsp3) is 0.667. The molecular weight excluding hydrogens is 200 g/mol. The van der Waals surface area contributed by atoms with Crippen molar-refractivity contribution >= 4 is 5.82 Å². The largest absolute Gasteiger partial charge is 0.365 e. The number of hydrogen-bond donors (Lipinski definition) is 2. The number of aromatic nitrogens is 2. The summed E-state index contributed by atoms with van der Waals surface area (Å²) in [4.78, 5) is 8.66. The molecule has 3 N–H and O–H groups in total. The lowest BCUT2D eigenvalue weighted by molar-refractivity contribution is 0.529. The maximum atomic E-state index is 5.76. The van der Waals surface area contributed by atoms with Crippen molar-refractivity contribution in [2.45, 2.75) is 39.2 Å². The molecule has 16 heavy (non-hydrogen) atoms. The van der Waals surface area contributed by atoms with Gasteiger partial charge in [-0.15, -0.1) is 0 Å². The molecule has 1 aliphatic carbocycles. The van der Waals surface area contributed by atoms with Crippen molar-refractivity contribution in [2.24, 2.45) is 11.7 Å². The monoisotopic (exact) mass is 220 g/mol. The normalized spacial score (nSPS) is 16.2. The van der Waals surface area contributed by atoms with E-state index in [1.807, 2.05) is 0 Å². The zero-order chi connectivity index (χ0) is 11.5. The SMILES string of the molecule is CC(C)C(CN)Nc1ncnc2c1CCC2. The number of nitrogens with two attached hydrogens (primary N) is 1. The Hall–Kier alpha value is -1.16. The van der Waals surface area contributed by atoms with E-state index in [-0.39, 0.29) is 0 Å². The van der Waals surface area contributed by atoms with Crippen LogP contribution >= 0.6 is 0 Å². The van der Waals surface area contributed by atoms with Gasteiger partial charge >= 0.3 is 0 Å². The fourth-order valence-electron chi connectivity index (χ4n) is 2.16. The van der Waals surface area contributed by atoms with Crippen molar-refractivity contribution in [3.8, 4) is 0 Å². The summed E-state index contributed by atoms with van der Waals surface area (Å²) < 4.78 is 0. The quantitative estimate of drug-likeness (QED) is 0.804. The number of nitrogens with zero attached hydrogens (tertiary/aromatic N) is 2. The zero-order valence-corrected chi connectivity index (χ0v) is 10.0. The van der Waals surface area contributed by atoms with Crippen molar-refractivity contribution in [2.75, 3.05) is 11.9 Å².